The molecule has 94 valence electrons. The van der Waals surface area contributed by atoms with Crippen LogP contribution >= 0.6 is 0 Å². The minimum Gasteiger partial charge on any atom is -0.382 e. The van der Waals surface area contributed by atoms with Crippen LogP contribution in [0.4, 0.5) is 5.69 Å². The number of benzene rings is 1. The van der Waals surface area contributed by atoms with E-state index in [9.17, 15) is 0 Å². The monoisotopic (exact) mass is 231 g/mol. The molecule has 1 nitrogen and oxygen atoms in total. The lowest BCUT2D eigenvalue weighted by molar-refractivity contribution is 0.350. The van der Waals surface area contributed by atoms with E-state index in [-0.39, 0.29) is 0 Å². The van der Waals surface area contributed by atoms with Crippen molar-refractivity contribution in [2.45, 2.75) is 59.4 Å². The third kappa shape index (κ3) is 2.65. The molecule has 1 N–H and O–H groups in total. The van der Waals surface area contributed by atoms with Gasteiger partial charge in [-0.2, -0.15) is 0 Å². The molecular weight excluding hydrogens is 206 g/mol. The first-order chi connectivity index (χ1) is 8.03. The first kappa shape index (κ1) is 12.5. The Kier molecular flexibility index (Phi) is 3.46. The van der Waals surface area contributed by atoms with Crippen LogP contribution < -0.4 is 5.32 Å². The van der Waals surface area contributed by atoms with Gasteiger partial charge in [-0.05, 0) is 54.9 Å². The minimum absolute atomic E-state index is 0.442. The lowest BCUT2D eigenvalue weighted by Gasteiger charge is -2.29. The fourth-order valence-electron chi connectivity index (χ4n) is 2.94. The molecule has 0 amide bonds. The Hall–Kier alpha value is -0.980. The molecule has 1 aliphatic carbocycles. The van der Waals surface area contributed by atoms with Gasteiger partial charge in [-0.1, -0.05) is 33.3 Å². The average molecular weight is 231 g/mol. The van der Waals surface area contributed by atoms with E-state index in [0.29, 0.717) is 11.5 Å². The van der Waals surface area contributed by atoms with Crippen LogP contribution in [0, 0.1) is 12.3 Å². The SMILES string of the molecule is CCc1cc(NC2CCCC2(C)C)ccc1C. The first-order valence-electron chi connectivity index (χ1n) is 6.89. The smallest absolute Gasteiger partial charge is 0.0345 e. The summed E-state index contributed by atoms with van der Waals surface area (Å²) in [6.45, 7) is 9.19. The molecule has 2 rings (SSSR count). The molecular formula is C16H25N. The number of aryl methyl sites for hydroxylation is 2. The van der Waals surface area contributed by atoms with Gasteiger partial charge in [-0.25, -0.2) is 0 Å². The third-order valence-corrected chi connectivity index (χ3v) is 4.33. The van der Waals surface area contributed by atoms with Crippen molar-refractivity contribution in [1.29, 1.82) is 0 Å². The van der Waals surface area contributed by atoms with Crippen molar-refractivity contribution >= 4 is 5.69 Å². The summed E-state index contributed by atoms with van der Waals surface area (Å²) in [7, 11) is 0. The van der Waals surface area contributed by atoms with Crippen molar-refractivity contribution in [3.8, 4) is 0 Å². The van der Waals surface area contributed by atoms with Gasteiger partial charge in [-0.15, -0.1) is 0 Å². The molecule has 0 aromatic heterocycles. The Bertz CT molecular complexity index is 393. The maximum atomic E-state index is 3.73. The zero-order valence-electron chi connectivity index (χ0n) is 11.6. The Balaban J connectivity index is 2.13. The van der Waals surface area contributed by atoms with E-state index in [2.05, 4.69) is 51.2 Å². The molecule has 0 aliphatic heterocycles. The third-order valence-electron chi connectivity index (χ3n) is 4.33. The lowest BCUT2D eigenvalue weighted by Crippen LogP contribution is -2.30. The quantitative estimate of drug-likeness (QED) is 0.805. The maximum absolute atomic E-state index is 3.73. The molecule has 0 spiro atoms. The molecule has 0 saturated heterocycles. The van der Waals surface area contributed by atoms with Gasteiger partial charge < -0.3 is 5.32 Å². The summed E-state index contributed by atoms with van der Waals surface area (Å²) in [5, 5.41) is 3.73. The molecule has 0 bridgehead atoms. The van der Waals surface area contributed by atoms with Crippen LogP contribution in [-0.4, -0.2) is 6.04 Å². The van der Waals surface area contributed by atoms with Crippen molar-refractivity contribution in [2.24, 2.45) is 5.41 Å². The van der Waals surface area contributed by atoms with Gasteiger partial charge in [0.1, 0.15) is 0 Å². The Morgan fingerprint density at radius 2 is 2.12 bits per heavy atom. The second-order valence-corrected chi connectivity index (χ2v) is 6.07. The fourth-order valence-corrected chi connectivity index (χ4v) is 2.94. The Morgan fingerprint density at radius 1 is 1.35 bits per heavy atom. The standard InChI is InChI=1S/C16H25N/c1-5-13-11-14(9-8-12(13)2)17-15-7-6-10-16(15,3)4/h8-9,11,15,17H,5-7,10H2,1-4H3. The van der Waals surface area contributed by atoms with Gasteiger partial charge in [0.15, 0.2) is 0 Å². The van der Waals surface area contributed by atoms with Gasteiger partial charge in [-0.3, -0.25) is 0 Å². The van der Waals surface area contributed by atoms with E-state index >= 15 is 0 Å². The van der Waals surface area contributed by atoms with Crippen molar-refractivity contribution in [2.75, 3.05) is 5.32 Å². The molecule has 1 unspecified atom stereocenters. The topological polar surface area (TPSA) is 12.0 Å². The summed E-state index contributed by atoms with van der Waals surface area (Å²) in [5.74, 6) is 0. The Morgan fingerprint density at radius 3 is 2.71 bits per heavy atom. The van der Waals surface area contributed by atoms with Crippen LogP contribution in [0.25, 0.3) is 0 Å². The molecule has 1 aromatic carbocycles. The van der Waals surface area contributed by atoms with Crippen molar-refractivity contribution in [3.63, 3.8) is 0 Å². The molecule has 1 aliphatic rings. The molecule has 1 fully saturated rings. The summed E-state index contributed by atoms with van der Waals surface area (Å²) in [6.07, 6.45) is 5.13. The van der Waals surface area contributed by atoms with Crippen molar-refractivity contribution in [1.82, 2.24) is 0 Å². The second-order valence-electron chi connectivity index (χ2n) is 6.07. The van der Waals surface area contributed by atoms with Gasteiger partial charge in [0, 0.05) is 11.7 Å². The van der Waals surface area contributed by atoms with E-state index in [1.54, 1.807) is 0 Å². The zero-order chi connectivity index (χ0) is 12.5. The zero-order valence-corrected chi connectivity index (χ0v) is 11.6. The summed E-state index contributed by atoms with van der Waals surface area (Å²) in [5.41, 5.74) is 4.61. The molecule has 1 atom stereocenters. The summed E-state index contributed by atoms with van der Waals surface area (Å²) >= 11 is 0. The van der Waals surface area contributed by atoms with Crippen molar-refractivity contribution < 1.29 is 0 Å². The Labute approximate surface area is 106 Å². The van der Waals surface area contributed by atoms with E-state index in [1.807, 2.05) is 0 Å². The number of anilines is 1. The van der Waals surface area contributed by atoms with Crippen LogP contribution in [0.5, 0.6) is 0 Å². The minimum atomic E-state index is 0.442. The number of rotatable bonds is 3. The number of hydrogen-bond acceptors (Lipinski definition) is 1. The molecule has 1 heteroatoms. The normalized spacial score (nSPS) is 22.7. The van der Waals surface area contributed by atoms with E-state index in [1.165, 1.54) is 36.1 Å². The molecule has 1 aromatic rings. The van der Waals surface area contributed by atoms with Crippen molar-refractivity contribution in [3.05, 3.63) is 29.3 Å². The summed E-state index contributed by atoms with van der Waals surface area (Å²) in [4.78, 5) is 0. The van der Waals surface area contributed by atoms with Gasteiger partial charge >= 0.3 is 0 Å². The van der Waals surface area contributed by atoms with Crippen LogP contribution in [0.2, 0.25) is 0 Å². The predicted octanol–water partition coefficient (Wildman–Crippen LogP) is 4.55. The number of nitrogens with one attached hydrogen (secondary N) is 1. The van der Waals surface area contributed by atoms with E-state index in [0.717, 1.165) is 6.42 Å². The predicted molar refractivity (Wildman–Crippen MR) is 75.6 cm³/mol. The summed E-state index contributed by atoms with van der Waals surface area (Å²) in [6, 6.07) is 7.42. The van der Waals surface area contributed by atoms with Crippen LogP contribution in [0.1, 0.15) is 51.2 Å². The first-order valence-corrected chi connectivity index (χ1v) is 6.89. The largest absolute Gasteiger partial charge is 0.382 e. The highest BCUT2D eigenvalue weighted by molar-refractivity contribution is 5.49. The van der Waals surface area contributed by atoms with Gasteiger partial charge in [0.2, 0.25) is 0 Å². The highest BCUT2D eigenvalue weighted by Crippen LogP contribution is 2.39. The summed E-state index contributed by atoms with van der Waals surface area (Å²) < 4.78 is 0. The fraction of sp³-hybridized carbons (Fsp3) is 0.625. The van der Waals surface area contributed by atoms with Gasteiger partial charge in [0.05, 0.1) is 0 Å². The number of hydrogen-bond donors (Lipinski definition) is 1. The highest BCUT2D eigenvalue weighted by Gasteiger charge is 2.34. The highest BCUT2D eigenvalue weighted by atomic mass is 14.9. The molecule has 17 heavy (non-hydrogen) atoms. The van der Waals surface area contributed by atoms with E-state index in [4.69, 9.17) is 0 Å². The molecule has 0 radical (unpaired) electrons. The molecule has 0 heterocycles. The maximum Gasteiger partial charge on any atom is 0.0345 e. The average Bonchev–Trinajstić information content (AvgIpc) is 2.61. The van der Waals surface area contributed by atoms with E-state index < -0.39 is 0 Å². The van der Waals surface area contributed by atoms with Crippen LogP contribution in [-0.2, 0) is 6.42 Å². The van der Waals surface area contributed by atoms with Gasteiger partial charge in [0.25, 0.3) is 0 Å². The lowest BCUT2D eigenvalue weighted by atomic mass is 9.87. The molecule has 1 saturated carbocycles. The van der Waals surface area contributed by atoms with Crippen LogP contribution in [0.3, 0.4) is 0 Å². The van der Waals surface area contributed by atoms with Crippen LogP contribution in [0.15, 0.2) is 18.2 Å². The second kappa shape index (κ2) is 4.72.